The Morgan fingerprint density at radius 1 is 1.36 bits per heavy atom. The zero-order valence-electron chi connectivity index (χ0n) is 13.1. The van der Waals surface area contributed by atoms with Crippen LogP contribution < -0.4 is 5.32 Å². The molecular formula is C16H22N2O4. The van der Waals surface area contributed by atoms with Crippen molar-refractivity contribution in [2.45, 2.75) is 33.1 Å². The van der Waals surface area contributed by atoms with Crippen LogP contribution in [0.25, 0.3) is 11.5 Å². The lowest BCUT2D eigenvalue weighted by atomic mass is 10.1. The van der Waals surface area contributed by atoms with E-state index < -0.39 is 0 Å². The van der Waals surface area contributed by atoms with E-state index in [0.717, 1.165) is 25.9 Å². The first kappa shape index (κ1) is 16.3. The van der Waals surface area contributed by atoms with Gasteiger partial charge in [-0.05, 0) is 31.9 Å². The molecule has 0 radical (unpaired) electrons. The largest absolute Gasteiger partial charge is 0.461 e. The molecule has 0 fully saturated rings. The van der Waals surface area contributed by atoms with E-state index in [1.807, 2.05) is 0 Å². The van der Waals surface area contributed by atoms with Crippen molar-refractivity contribution in [3.63, 3.8) is 0 Å². The van der Waals surface area contributed by atoms with Crippen LogP contribution in [0.15, 0.2) is 27.3 Å². The second-order valence-corrected chi connectivity index (χ2v) is 5.02. The van der Waals surface area contributed by atoms with Gasteiger partial charge in [0.15, 0.2) is 5.76 Å². The zero-order valence-corrected chi connectivity index (χ0v) is 13.1. The van der Waals surface area contributed by atoms with Crippen molar-refractivity contribution in [1.29, 1.82) is 0 Å². The van der Waals surface area contributed by atoms with E-state index in [4.69, 9.17) is 13.7 Å². The van der Waals surface area contributed by atoms with Crippen molar-refractivity contribution in [3.8, 4) is 11.5 Å². The van der Waals surface area contributed by atoms with Gasteiger partial charge in [0.05, 0.1) is 12.0 Å². The van der Waals surface area contributed by atoms with Crippen molar-refractivity contribution in [1.82, 2.24) is 10.5 Å². The molecular weight excluding hydrogens is 284 g/mol. The third kappa shape index (κ3) is 4.21. The Labute approximate surface area is 129 Å². The molecule has 0 aromatic carbocycles. The molecule has 0 spiro atoms. The van der Waals surface area contributed by atoms with Crippen LogP contribution >= 0.6 is 0 Å². The van der Waals surface area contributed by atoms with Crippen molar-refractivity contribution in [3.05, 3.63) is 29.7 Å². The number of nitrogens with zero attached hydrogens (tertiary/aromatic N) is 1. The number of aromatic nitrogens is 1. The topological polar surface area (TPSA) is 77.5 Å². The first-order chi connectivity index (χ1) is 10.7. The van der Waals surface area contributed by atoms with E-state index in [2.05, 4.69) is 17.4 Å². The molecule has 0 saturated carbocycles. The number of rotatable bonds is 9. The molecule has 0 saturated heterocycles. The van der Waals surface area contributed by atoms with Gasteiger partial charge in [-0.2, -0.15) is 0 Å². The van der Waals surface area contributed by atoms with Crippen LogP contribution in [0.4, 0.5) is 0 Å². The Balaban J connectivity index is 1.84. The molecule has 6 heteroatoms. The van der Waals surface area contributed by atoms with Crippen molar-refractivity contribution in [2.24, 2.45) is 0 Å². The molecule has 0 unspecified atom stereocenters. The minimum atomic E-state index is -0.210. The predicted molar refractivity (Wildman–Crippen MR) is 81.6 cm³/mol. The number of hydrogen-bond acceptors (Lipinski definition) is 5. The highest BCUT2D eigenvalue weighted by Crippen LogP contribution is 2.26. The van der Waals surface area contributed by atoms with Crippen LogP contribution in [0.1, 0.15) is 42.2 Å². The molecule has 2 heterocycles. The zero-order chi connectivity index (χ0) is 15.8. The Bertz CT molecular complexity index is 575. The van der Waals surface area contributed by atoms with E-state index in [-0.39, 0.29) is 5.91 Å². The first-order valence-corrected chi connectivity index (χ1v) is 7.60. The molecule has 22 heavy (non-hydrogen) atoms. The normalized spacial score (nSPS) is 10.8. The maximum absolute atomic E-state index is 12.3. The number of carbonyl (C=O) groups is 1. The summed E-state index contributed by atoms with van der Waals surface area (Å²) in [6.07, 6.45) is 4.50. The number of aryl methyl sites for hydroxylation is 1. The molecule has 1 amide bonds. The second kappa shape index (κ2) is 8.38. The molecule has 120 valence electrons. The SMILES string of the molecule is CCCCOCCCNC(=O)c1c(C)noc1-c1ccco1. The van der Waals surface area contributed by atoms with Gasteiger partial charge in [0, 0.05) is 19.8 Å². The summed E-state index contributed by atoms with van der Waals surface area (Å²) in [5.41, 5.74) is 0.963. The van der Waals surface area contributed by atoms with Crippen LogP contribution in [-0.4, -0.2) is 30.8 Å². The summed E-state index contributed by atoms with van der Waals surface area (Å²) in [5, 5.41) is 6.71. The van der Waals surface area contributed by atoms with E-state index in [1.54, 1.807) is 19.1 Å². The summed E-state index contributed by atoms with van der Waals surface area (Å²) in [4.78, 5) is 12.3. The van der Waals surface area contributed by atoms with Crippen molar-refractivity contribution in [2.75, 3.05) is 19.8 Å². The van der Waals surface area contributed by atoms with Gasteiger partial charge in [-0.15, -0.1) is 0 Å². The molecule has 2 aromatic rings. The first-order valence-electron chi connectivity index (χ1n) is 7.60. The van der Waals surface area contributed by atoms with E-state index >= 15 is 0 Å². The van der Waals surface area contributed by atoms with Gasteiger partial charge in [-0.3, -0.25) is 4.79 Å². The molecule has 0 bridgehead atoms. The number of unbranched alkanes of at least 4 members (excludes halogenated alkanes) is 1. The molecule has 0 atom stereocenters. The number of nitrogens with one attached hydrogen (secondary N) is 1. The molecule has 0 aliphatic heterocycles. The lowest BCUT2D eigenvalue weighted by Crippen LogP contribution is -2.26. The van der Waals surface area contributed by atoms with E-state index in [9.17, 15) is 4.79 Å². The summed E-state index contributed by atoms with van der Waals surface area (Å²) >= 11 is 0. The fourth-order valence-electron chi connectivity index (χ4n) is 2.03. The van der Waals surface area contributed by atoms with Crippen molar-refractivity contribution < 1.29 is 18.5 Å². The smallest absolute Gasteiger partial charge is 0.257 e. The van der Waals surface area contributed by atoms with Crippen LogP contribution in [0.5, 0.6) is 0 Å². The van der Waals surface area contributed by atoms with Gasteiger partial charge in [0.25, 0.3) is 5.91 Å². The van der Waals surface area contributed by atoms with Crippen LogP contribution in [0, 0.1) is 6.92 Å². The Morgan fingerprint density at radius 2 is 2.18 bits per heavy atom. The number of hydrogen-bond donors (Lipinski definition) is 1. The summed E-state index contributed by atoms with van der Waals surface area (Å²) in [7, 11) is 0. The maximum atomic E-state index is 12.3. The predicted octanol–water partition coefficient (Wildman–Crippen LogP) is 3.18. The van der Waals surface area contributed by atoms with Gasteiger partial charge in [0.2, 0.25) is 5.76 Å². The minimum Gasteiger partial charge on any atom is -0.461 e. The Hall–Kier alpha value is -2.08. The molecule has 2 aromatic heterocycles. The molecule has 1 N–H and O–H groups in total. The van der Waals surface area contributed by atoms with Gasteiger partial charge < -0.3 is 19.0 Å². The summed E-state index contributed by atoms with van der Waals surface area (Å²) < 4.78 is 15.9. The Morgan fingerprint density at radius 3 is 2.91 bits per heavy atom. The molecule has 0 aliphatic carbocycles. The standard InChI is InChI=1S/C16H22N2O4/c1-3-4-9-20-10-6-8-17-16(19)14-12(2)18-22-15(14)13-7-5-11-21-13/h5,7,11H,3-4,6,8-10H2,1-2H3,(H,17,19). The summed E-state index contributed by atoms with van der Waals surface area (Å²) in [6.45, 7) is 5.83. The van der Waals surface area contributed by atoms with Crippen LogP contribution in [0.2, 0.25) is 0 Å². The van der Waals surface area contributed by atoms with E-state index in [1.165, 1.54) is 6.26 Å². The quantitative estimate of drug-likeness (QED) is 0.720. The second-order valence-electron chi connectivity index (χ2n) is 5.02. The van der Waals surface area contributed by atoms with Gasteiger partial charge in [-0.25, -0.2) is 0 Å². The summed E-state index contributed by atoms with van der Waals surface area (Å²) in [6, 6.07) is 3.47. The van der Waals surface area contributed by atoms with Gasteiger partial charge in [0.1, 0.15) is 5.56 Å². The van der Waals surface area contributed by atoms with Crippen LogP contribution in [-0.2, 0) is 4.74 Å². The van der Waals surface area contributed by atoms with Crippen LogP contribution in [0.3, 0.4) is 0 Å². The molecule has 2 rings (SSSR count). The maximum Gasteiger partial charge on any atom is 0.257 e. The van der Waals surface area contributed by atoms with Gasteiger partial charge in [-0.1, -0.05) is 18.5 Å². The lowest BCUT2D eigenvalue weighted by Gasteiger charge is -2.06. The number of ether oxygens (including phenoxy) is 1. The fraction of sp³-hybridized carbons (Fsp3) is 0.500. The monoisotopic (exact) mass is 306 g/mol. The molecule has 6 nitrogen and oxygen atoms in total. The summed E-state index contributed by atoms with van der Waals surface area (Å²) in [5.74, 6) is 0.645. The average Bonchev–Trinajstić information content (AvgIpc) is 3.15. The third-order valence-corrected chi connectivity index (χ3v) is 3.23. The fourth-order valence-corrected chi connectivity index (χ4v) is 2.03. The average molecular weight is 306 g/mol. The third-order valence-electron chi connectivity index (χ3n) is 3.23. The highest BCUT2D eigenvalue weighted by Gasteiger charge is 2.23. The highest BCUT2D eigenvalue weighted by molar-refractivity contribution is 6.00. The van der Waals surface area contributed by atoms with Gasteiger partial charge >= 0.3 is 0 Å². The van der Waals surface area contributed by atoms with E-state index in [0.29, 0.717) is 35.9 Å². The Kier molecular flexibility index (Phi) is 6.21. The minimum absolute atomic E-state index is 0.210. The highest BCUT2D eigenvalue weighted by atomic mass is 16.5. The number of furan rings is 1. The number of amides is 1. The number of carbonyl (C=O) groups excluding carboxylic acids is 1. The van der Waals surface area contributed by atoms with Crippen molar-refractivity contribution >= 4 is 5.91 Å². The lowest BCUT2D eigenvalue weighted by molar-refractivity contribution is 0.0940. The molecule has 0 aliphatic rings.